The Balaban J connectivity index is 2.66. The Labute approximate surface area is 109 Å². The van der Waals surface area contributed by atoms with Crippen LogP contribution in [-0.2, 0) is 9.59 Å². The van der Waals surface area contributed by atoms with Gasteiger partial charge in [-0.3, -0.25) is 9.59 Å². The fourth-order valence-corrected chi connectivity index (χ4v) is 2.72. The van der Waals surface area contributed by atoms with Gasteiger partial charge in [-0.25, -0.2) is 0 Å². The smallest absolute Gasteiger partial charge is 0.305 e. The van der Waals surface area contributed by atoms with Gasteiger partial charge < -0.3 is 15.3 Å². The van der Waals surface area contributed by atoms with Crippen molar-refractivity contribution in [3.8, 4) is 0 Å². The molecule has 104 valence electrons. The number of aliphatic carboxylic acids is 1. The average Bonchev–Trinajstić information content (AvgIpc) is 2.36. The van der Waals surface area contributed by atoms with Gasteiger partial charge in [0, 0.05) is 13.6 Å². The van der Waals surface area contributed by atoms with Crippen LogP contribution in [0.1, 0.15) is 39.0 Å². The predicted octanol–water partition coefficient (Wildman–Crippen LogP) is 1.09. The van der Waals surface area contributed by atoms with E-state index in [2.05, 4.69) is 12.2 Å². The van der Waals surface area contributed by atoms with Crippen molar-refractivity contribution in [2.75, 3.05) is 26.7 Å². The zero-order chi connectivity index (χ0) is 13.6. The van der Waals surface area contributed by atoms with E-state index in [4.69, 9.17) is 5.11 Å². The quantitative estimate of drug-likeness (QED) is 0.746. The van der Waals surface area contributed by atoms with Crippen LogP contribution in [0.25, 0.3) is 0 Å². The molecule has 0 atom stereocenters. The van der Waals surface area contributed by atoms with Crippen LogP contribution >= 0.6 is 0 Å². The van der Waals surface area contributed by atoms with Crippen molar-refractivity contribution in [1.29, 1.82) is 0 Å². The number of nitrogens with one attached hydrogen (secondary N) is 1. The minimum Gasteiger partial charge on any atom is -0.481 e. The summed E-state index contributed by atoms with van der Waals surface area (Å²) >= 11 is 0. The molecule has 2 N–H and O–H groups in total. The highest BCUT2D eigenvalue weighted by Gasteiger charge is 2.40. The van der Waals surface area contributed by atoms with E-state index >= 15 is 0 Å². The lowest BCUT2D eigenvalue weighted by molar-refractivity contribution is -0.144. The lowest BCUT2D eigenvalue weighted by Gasteiger charge is -2.39. The number of carbonyl (C=O) groups is 2. The van der Waals surface area contributed by atoms with Gasteiger partial charge in [0.1, 0.15) is 0 Å². The van der Waals surface area contributed by atoms with Gasteiger partial charge in [0.05, 0.1) is 11.8 Å². The predicted molar refractivity (Wildman–Crippen MR) is 69.3 cm³/mol. The number of nitrogens with zero attached hydrogens (tertiary/aromatic N) is 1. The third-order valence-electron chi connectivity index (χ3n) is 3.75. The number of carboxylic acid groups (broad SMARTS) is 1. The number of amides is 1. The lowest BCUT2D eigenvalue weighted by atomic mass is 9.74. The van der Waals surface area contributed by atoms with Crippen molar-refractivity contribution >= 4 is 11.9 Å². The number of rotatable bonds is 6. The molecule has 0 aromatic carbocycles. The van der Waals surface area contributed by atoms with E-state index in [1.165, 1.54) is 0 Å². The Bertz CT molecular complexity index is 293. The van der Waals surface area contributed by atoms with Crippen LogP contribution < -0.4 is 5.32 Å². The van der Waals surface area contributed by atoms with Gasteiger partial charge in [0.2, 0.25) is 5.91 Å². The minimum absolute atomic E-state index is 0.0166. The normalized spacial score (nSPS) is 18.3. The molecule has 0 radical (unpaired) electrons. The Hall–Kier alpha value is -1.10. The van der Waals surface area contributed by atoms with Gasteiger partial charge in [0.15, 0.2) is 0 Å². The first kappa shape index (κ1) is 15.0. The van der Waals surface area contributed by atoms with Crippen LogP contribution in [0, 0.1) is 5.41 Å². The molecule has 1 fully saturated rings. The highest BCUT2D eigenvalue weighted by molar-refractivity contribution is 5.83. The third kappa shape index (κ3) is 3.70. The highest BCUT2D eigenvalue weighted by Crippen LogP contribution is 2.35. The molecular weight excluding hydrogens is 232 g/mol. The summed E-state index contributed by atoms with van der Waals surface area (Å²) in [5.41, 5.74) is -0.271. The number of piperidine rings is 1. The Kier molecular flexibility index (Phi) is 5.59. The molecule has 1 rings (SSSR count). The Morgan fingerprint density at radius 3 is 2.44 bits per heavy atom. The zero-order valence-corrected chi connectivity index (χ0v) is 11.4. The van der Waals surface area contributed by atoms with Crippen LogP contribution in [0.3, 0.4) is 0 Å². The zero-order valence-electron chi connectivity index (χ0n) is 11.4. The van der Waals surface area contributed by atoms with Gasteiger partial charge in [-0.1, -0.05) is 13.3 Å². The molecule has 18 heavy (non-hydrogen) atoms. The summed E-state index contributed by atoms with van der Waals surface area (Å²) in [5.74, 6) is -0.739. The fraction of sp³-hybridized carbons (Fsp3) is 0.846. The monoisotopic (exact) mass is 256 g/mol. The van der Waals surface area contributed by atoms with Crippen LogP contribution in [0.2, 0.25) is 0 Å². The molecule has 5 heteroatoms. The Morgan fingerprint density at radius 1 is 1.33 bits per heavy atom. The molecule has 1 aliphatic rings. The van der Waals surface area contributed by atoms with Crippen LogP contribution in [0.5, 0.6) is 0 Å². The van der Waals surface area contributed by atoms with E-state index in [1.807, 2.05) is 0 Å². The molecule has 1 amide bonds. The van der Waals surface area contributed by atoms with Gasteiger partial charge in [0.25, 0.3) is 0 Å². The largest absolute Gasteiger partial charge is 0.481 e. The molecule has 0 saturated carbocycles. The maximum absolute atomic E-state index is 12.5. The van der Waals surface area contributed by atoms with Crippen molar-refractivity contribution in [2.24, 2.45) is 5.41 Å². The van der Waals surface area contributed by atoms with Gasteiger partial charge in [-0.15, -0.1) is 0 Å². The molecule has 1 aliphatic heterocycles. The van der Waals surface area contributed by atoms with Gasteiger partial charge in [-0.2, -0.15) is 0 Å². The second kappa shape index (κ2) is 6.73. The summed E-state index contributed by atoms with van der Waals surface area (Å²) in [5, 5.41) is 12.0. The average molecular weight is 256 g/mol. The van der Waals surface area contributed by atoms with E-state index in [1.54, 1.807) is 11.9 Å². The van der Waals surface area contributed by atoms with Gasteiger partial charge >= 0.3 is 5.97 Å². The van der Waals surface area contributed by atoms with E-state index < -0.39 is 5.97 Å². The summed E-state index contributed by atoms with van der Waals surface area (Å²) in [6.07, 6.45) is 3.61. The molecule has 0 bridgehead atoms. The molecule has 5 nitrogen and oxygen atoms in total. The number of carboxylic acids is 1. The number of hydrogen-bond donors (Lipinski definition) is 2. The molecule has 0 unspecified atom stereocenters. The molecule has 0 aromatic heterocycles. The van der Waals surface area contributed by atoms with Crippen molar-refractivity contribution in [3.05, 3.63) is 0 Å². The van der Waals surface area contributed by atoms with Crippen molar-refractivity contribution in [1.82, 2.24) is 10.2 Å². The third-order valence-corrected chi connectivity index (χ3v) is 3.75. The molecule has 1 saturated heterocycles. The number of carbonyl (C=O) groups excluding carboxylic acids is 1. The molecule has 0 aromatic rings. The first-order valence-electron chi connectivity index (χ1n) is 6.70. The standard InChI is InChI=1S/C13H24N2O3/c1-3-5-13(6-8-14-9-7-13)12(18)15(2)10-4-11(16)17/h14H,3-10H2,1-2H3,(H,16,17). The van der Waals surface area contributed by atoms with Crippen molar-refractivity contribution < 1.29 is 14.7 Å². The van der Waals surface area contributed by atoms with Crippen molar-refractivity contribution in [2.45, 2.75) is 39.0 Å². The molecular formula is C13H24N2O3. The Morgan fingerprint density at radius 2 is 1.94 bits per heavy atom. The summed E-state index contributed by atoms with van der Waals surface area (Å²) in [7, 11) is 1.71. The second-order valence-electron chi connectivity index (χ2n) is 5.15. The second-order valence-corrected chi connectivity index (χ2v) is 5.15. The fourth-order valence-electron chi connectivity index (χ4n) is 2.72. The van der Waals surface area contributed by atoms with Crippen LogP contribution in [-0.4, -0.2) is 48.6 Å². The summed E-state index contributed by atoms with van der Waals surface area (Å²) in [6.45, 7) is 4.14. The number of hydrogen-bond acceptors (Lipinski definition) is 3. The summed E-state index contributed by atoms with van der Waals surface area (Å²) < 4.78 is 0. The molecule has 0 aliphatic carbocycles. The van der Waals surface area contributed by atoms with Crippen LogP contribution in [0.15, 0.2) is 0 Å². The van der Waals surface area contributed by atoms with E-state index in [9.17, 15) is 9.59 Å². The summed E-state index contributed by atoms with van der Waals surface area (Å²) in [4.78, 5) is 24.7. The topological polar surface area (TPSA) is 69.6 Å². The first-order valence-corrected chi connectivity index (χ1v) is 6.70. The van der Waals surface area contributed by atoms with Crippen molar-refractivity contribution in [3.63, 3.8) is 0 Å². The van der Waals surface area contributed by atoms with Gasteiger partial charge in [-0.05, 0) is 32.4 Å². The minimum atomic E-state index is -0.857. The maximum Gasteiger partial charge on any atom is 0.305 e. The maximum atomic E-state index is 12.5. The molecule has 1 heterocycles. The highest BCUT2D eigenvalue weighted by atomic mass is 16.4. The van der Waals surface area contributed by atoms with E-state index in [0.717, 1.165) is 38.8 Å². The van der Waals surface area contributed by atoms with E-state index in [-0.39, 0.29) is 17.7 Å². The van der Waals surface area contributed by atoms with Crippen LogP contribution in [0.4, 0.5) is 0 Å². The molecule has 0 spiro atoms. The SMILES string of the molecule is CCCC1(C(=O)N(C)CCC(=O)O)CCNCC1. The summed E-state index contributed by atoms with van der Waals surface area (Å²) in [6, 6.07) is 0. The lowest BCUT2D eigenvalue weighted by Crippen LogP contribution is -2.48. The first-order chi connectivity index (χ1) is 8.52. The van der Waals surface area contributed by atoms with E-state index in [0.29, 0.717) is 6.54 Å².